The van der Waals surface area contributed by atoms with E-state index < -0.39 is 0 Å². The lowest BCUT2D eigenvalue weighted by molar-refractivity contribution is 0.0948. The highest BCUT2D eigenvalue weighted by Crippen LogP contribution is 2.21. The summed E-state index contributed by atoms with van der Waals surface area (Å²) in [4.78, 5) is 13.3. The second kappa shape index (κ2) is 5.75. The van der Waals surface area contributed by atoms with Gasteiger partial charge < -0.3 is 15.8 Å². The lowest BCUT2D eigenvalue weighted by atomic mass is 10.1. The highest BCUT2D eigenvalue weighted by Gasteiger charge is 2.13. The van der Waals surface area contributed by atoms with Gasteiger partial charge in [0.05, 0.1) is 19.2 Å². The molecule has 1 aromatic heterocycles. The molecule has 5 heteroatoms. The number of methoxy groups -OCH3 is 1. The van der Waals surface area contributed by atoms with Gasteiger partial charge in [-0.1, -0.05) is 0 Å². The third-order valence-electron chi connectivity index (χ3n) is 2.85. The van der Waals surface area contributed by atoms with Gasteiger partial charge in [0.2, 0.25) is 0 Å². The molecule has 3 N–H and O–H groups in total. The first kappa shape index (κ1) is 13.4. The summed E-state index contributed by atoms with van der Waals surface area (Å²) in [5.41, 5.74) is 7.88. The minimum Gasteiger partial charge on any atom is -0.496 e. The first-order valence-electron chi connectivity index (χ1n) is 5.86. The molecule has 4 nitrogen and oxygen atoms in total. The van der Waals surface area contributed by atoms with Gasteiger partial charge in [-0.3, -0.25) is 4.79 Å². The number of hydrogen-bond acceptors (Lipinski definition) is 4. The van der Waals surface area contributed by atoms with Gasteiger partial charge in [-0.15, -0.1) is 11.3 Å². The Morgan fingerprint density at radius 1 is 1.42 bits per heavy atom. The molecule has 0 bridgehead atoms. The van der Waals surface area contributed by atoms with Crippen LogP contribution in [0.3, 0.4) is 0 Å². The fraction of sp³-hybridized carbons (Fsp3) is 0.214. The number of hydrogen-bond donors (Lipinski definition) is 2. The number of benzene rings is 1. The molecular weight excluding hydrogens is 260 g/mol. The second-order valence-corrected chi connectivity index (χ2v) is 5.17. The van der Waals surface area contributed by atoms with Gasteiger partial charge in [0.25, 0.3) is 5.91 Å². The van der Waals surface area contributed by atoms with Crippen LogP contribution < -0.4 is 15.8 Å². The molecule has 2 rings (SSSR count). The van der Waals surface area contributed by atoms with Crippen molar-refractivity contribution >= 4 is 22.9 Å². The number of carbonyl (C=O) groups is 1. The molecule has 0 saturated carbocycles. The van der Waals surface area contributed by atoms with Crippen LogP contribution in [0.1, 0.15) is 20.8 Å². The third-order valence-corrected chi connectivity index (χ3v) is 3.87. The Morgan fingerprint density at radius 3 is 2.84 bits per heavy atom. The van der Waals surface area contributed by atoms with Crippen LogP contribution in [0.25, 0.3) is 0 Å². The van der Waals surface area contributed by atoms with Crippen molar-refractivity contribution in [1.82, 2.24) is 5.32 Å². The van der Waals surface area contributed by atoms with E-state index in [1.165, 1.54) is 12.7 Å². The van der Waals surface area contributed by atoms with Crippen molar-refractivity contribution in [2.75, 3.05) is 12.8 Å². The minimum absolute atomic E-state index is 0.183. The summed E-state index contributed by atoms with van der Waals surface area (Å²) in [5.74, 6) is 0.339. The van der Waals surface area contributed by atoms with E-state index in [-0.39, 0.29) is 5.91 Å². The van der Waals surface area contributed by atoms with Gasteiger partial charge in [0.15, 0.2) is 0 Å². The third kappa shape index (κ3) is 3.06. The highest BCUT2D eigenvalue weighted by molar-refractivity contribution is 7.10. The summed E-state index contributed by atoms with van der Waals surface area (Å²) in [6.45, 7) is 2.54. The van der Waals surface area contributed by atoms with Crippen molar-refractivity contribution in [1.29, 1.82) is 0 Å². The molecule has 0 fully saturated rings. The zero-order valence-electron chi connectivity index (χ0n) is 10.9. The van der Waals surface area contributed by atoms with Crippen molar-refractivity contribution in [3.63, 3.8) is 0 Å². The number of thiophene rings is 1. The average Bonchev–Trinajstić information content (AvgIpc) is 2.81. The number of nitrogens with two attached hydrogens (primary N) is 1. The molecule has 19 heavy (non-hydrogen) atoms. The van der Waals surface area contributed by atoms with E-state index in [1.54, 1.807) is 29.5 Å². The zero-order chi connectivity index (χ0) is 13.8. The van der Waals surface area contributed by atoms with Crippen LogP contribution in [0.4, 0.5) is 5.69 Å². The SMILES string of the molecule is COc1ccc(N)cc1C(=O)NCc1sccc1C. The molecule has 1 heterocycles. The monoisotopic (exact) mass is 276 g/mol. The Bertz CT molecular complexity index is 593. The van der Waals surface area contributed by atoms with E-state index in [9.17, 15) is 4.79 Å². The van der Waals surface area contributed by atoms with E-state index in [0.29, 0.717) is 23.5 Å². The summed E-state index contributed by atoms with van der Waals surface area (Å²) >= 11 is 1.63. The van der Waals surface area contributed by atoms with Crippen molar-refractivity contribution in [3.8, 4) is 5.75 Å². The fourth-order valence-electron chi connectivity index (χ4n) is 1.74. The summed E-state index contributed by atoms with van der Waals surface area (Å²) in [6, 6.07) is 7.06. The number of anilines is 1. The molecule has 0 unspecified atom stereocenters. The van der Waals surface area contributed by atoms with Crippen LogP contribution in [0.2, 0.25) is 0 Å². The van der Waals surface area contributed by atoms with E-state index in [0.717, 1.165) is 4.88 Å². The number of rotatable bonds is 4. The molecule has 0 saturated heterocycles. The molecule has 100 valence electrons. The van der Waals surface area contributed by atoms with Crippen molar-refractivity contribution in [3.05, 3.63) is 45.6 Å². The van der Waals surface area contributed by atoms with Gasteiger partial charge in [-0.25, -0.2) is 0 Å². The number of ether oxygens (including phenoxy) is 1. The van der Waals surface area contributed by atoms with E-state index in [2.05, 4.69) is 5.32 Å². The largest absolute Gasteiger partial charge is 0.496 e. The van der Waals surface area contributed by atoms with Crippen LogP contribution in [-0.2, 0) is 6.54 Å². The average molecular weight is 276 g/mol. The van der Waals surface area contributed by atoms with Gasteiger partial charge in [0.1, 0.15) is 5.75 Å². The summed E-state index contributed by atoms with van der Waals surface area (Å²) in [7, 11) is 1.53. The smallest absolute Gasteiger partial charge is 0.255 e. The normalized spacial score (nSPS) is 10.2. The van der Waals surface area contributed by atoms with Crippen LogP contribution in [0, 0.1) is 6.92 Å². The van der Waals surface area contributed by atoms with Gasteiger partial charge in [-0.05, 0) is 42.1 Å². The Hall–Kier alpha value is -2.01. The summed E-state index contributed by atoms with van der Waals surface area (Å²) in [6.07, 6.45) is 0. The molecule has 0 atom stereocenters. The highest BCUT2D eigenvalue weighted by atomic mass is 32.1. The Balaban J connectivity index is 2.12. The maximum atomic E-state index is 12.1. The van der Waals surface area contributed by atoms with Crippen LogP contribution in [0.15, 0.2) is 29.6 Å². The fourth-order valence-corrected chi connectivity index (χ4v) is 2.59. The Labute approximate surface area is 116 Å². The maximum absolute atomic E-state index is 12.1. The Kier molecular flexibility index (Phi) is 4.06. The van der Waals surface area contributed by atoms with Gasteiger partial charge in [0, 0.05) is 10.6 Å². The lowest BCUT2D eigenvalue weighted by Gasteiger charge is -2.10. The molecule has 0 radical (unpaired) electrons. The van der Waals surface area contributed by atoms with Gasteiger partial charge >= 0.3 is 0 Å². The van der Waals surface area contributed by atoms with Gasteiger partial charge in [-0.2, -0.15) is 0 Å². The number of nitrogens with one attached hydrogen (secondary N) is 1. The van der Waals surface area contributed by atoms with Crippen molar-refractivity contribution in [2.24, 2.45) is 0 Å². The first-order chi connectivity index (χ1) is 9.11. The predicted molar refractivity (Wildman–Crippen MR) is 77.6 cm³/mol. The molecule has 2 aromatic rings. The summed E-state index contributed by atoms with van der Waals surface area (Å²) in [5, 5.41) is 4.89. The number of aryl methyl sites for hydroxylation is 1. The standard InChI is InChI=1S/C14H16N2O2S/c1-9-5-6-19-13(9)8-16-14(17)11-7-10(15)3-4-12(11)18-2/h3-7H,8,15H2,1-2H3,(H,16,17). The van der Waals surface area contributed by atoms with Crippen molar-refractivity contribution < 1.29 is 9.53 Å². The predicted octanol–water partition coefficient (Wildman–Crippen LogP) is 2.58. The molecule has 0 aliphatic heterocycles. The zero-order valence-corrected chi connectivity index (χ0v) is 11.7. The quantitative estimate of drug-likeness (QED) is 0.844. The Morgan fingerprint density at radius 2 is 2.21 bits per heavy atom. The first-order valence-corrected chi connectivity index (χ1v) is 6.74. The number of nitrogen functional groups attached to an aromatic ring is 1. The second-order valence-electron chi connectivity index (χ2n) is 4.17. The number of carbonyl (C=O) groups excluding carboxylic acids is 1. The topological polar surface area (TPSA) is 64.3 Å². The lowest BCUT2D eigenvalue weighted by Crippen LogP contribution is -2.23. The van der Waals surface area contributed by atoms with Crippen LogP contribution in [-0.4, -0.2) is 13.0 Å². The van der Waals surface area contributed by atoms with Crippen LogP contribution in [0.5, 0.6) is 5.75 Å². The molecule has 0 aliphatic rings. The van der Waals surface area contributed by atoms with Crippen LogP contribution >= 0.6 is 11.3 Å². The minimum atomic E-state index is -0.183. The molecule has 1 amide bonds. The van der Waals surface area contributed by atoms with E-state index >= 15 is 0 Å². The molecule has 1 aromatic carbocycles. The molecule has 0 spiro atoms. The van der Waals surface area contributed by atoms with E-state index in [4.69, 9.17) is 10.5 Å². The summed E-state index contributed by atoms with van der Waals surface area (Å²) < 4.78 is 5.17. The van der Waals surface area contributed by atoms with Crippen molar-refractivity contribution in [2.45, 2.75) is 13.5 Å². The van der Waals surface area contributed by atoms with E-state index in [1.807, 2.05) is 18.4 Å². The molecular formula is C14H16N2O2S. The maximum Gasteiger partial charge on any atom is 0.255 e. The number of amides is 1. The molecule has 0 aliphatic carbocycles.